The SMILES string of the molecule is CCOCCc1cc(C)ccc1S(=O)(=O)O. The van der Waals surface area contributed by atoms with Crippen molar-refractivity contribution in [3.8, 4) is 0 Å². The molecule has 1 aromatic carbocycles. The second kappa shape index (κ2) is 5.43. The van der Waals surface area contributed by atoms with Crippen LogP contribution in [-0.2, 0) is 21.3 Å². The number of hydrogen-bond acceptors (Lipinski definition) is 3. The van der Waals surface area contributed by atoms with Gasteiger partial charge in [-0.15, -0.1) is 0 Å². The molecule has 0 atom stereocenters. The Kier molecular flexibility index (Phi) is 4.46. The molecule has 0 unspecified atom stereocenters. The lowest BCUT2D eigenvalue weighted by atomic mass is 10.1. The second-order valence-electron chi connectivity index (χ2n) is 3.53. The highest BCUT2D eigenvalue weighted by molar-refractivity contribution is 7.85. The van der Waals surface area contributed by atoms with Gasteiger partial charge in [-0.2, -0.15) is 8.42 Å². The predicted octanol–water partition coefficient (Wildman–Crippen LogP) is 1.82. The predicted molar refractivity (Wildman–Crippen MR) is 61.2 cm³/mol. The van der Waals surface area contributed by atoms with Crippen LogP contribution in [0, 0.1) is 6.92 Å². The molecule has 5 heteroatoms. The zero-order valence-corrected chi connectivity index (χ0v) is 10.3. The number of ether oxygens (including phenoxy) is 1. The van der Waals surface area contributed by atoms with E-state index in [0.29, 0.717) is 25.2 Å². The molecule has 0 amide bonds. The van der Waals surface area contributed by atoms with Crippen LogP contribution in [-0.4, -0.2) is 26.2 Å². The van der Waals surface area contributed by atoms with E-state index in [-0.39, 0.29) is 4.90 Å². The Hall–Kier alpha value is -0.910. The molecule has 0 saturated carbocycles. The lowest BCUT2D eigenvalue weighted by molar-refractivity contribution is 0.150. The molecular formula is C11H16O4S. The first-order valence-corrected chi connectivity index (χ1v) is 6.54. The van der Waals surface area contributed by atoms with Crippen LogP contribution in [0.5, 0.6) is 0 Å². The van der Waals surface area contributed by atoms with Crippen molar-refractivity contribution in [1.82, 2.24) is 0 Å². The fraction of sp³-hybridized carbons (Fsp3) is 0.455. The Bertz CT molecular complexity index is 451. The van der Waals surface area contributed by atoms with E-state index in [1.165, 1.54) is 6.07 Å². The summed E-state index contributed by atoms with van der Waals surface area (Å²) in [6.45, 7) is 4.79. The van der Waals surface area contributed by atoms with Crippen LogP contribution >= 0.6 is 0 Å². The molecule has 0 aliphatic heterocycles. The van der Waals surface area contributed by atoms with E-state index in [1.807, 2.05) is 13.8 Å². The quantitative estimate of drug-likeness (QED) is 0.634. The van der Waals surface area contributed by atoms with Gasteiger partial charge in [0.15, 0.2) is 0 Å². The highest BCUT2D eigenvalue weighted by Gasteiger charge is 2.14. The zero-order valence-electron chi connectivity index (χ0n) is 9.43. The van der Waals surface area contributed by atoms with Gasteiger partial charge in [0, 0.05) is 6.61 Å². The first-order valence-electron chi connectivity index (χ1n) is 5.10. The Morgan fingerprint density at radius 2 is 2.06 bits per heavy atom. The number of aryl methyl sites for hydroxylation is 1. The minimum atomic E-state index is -4.14. The Morgan fingerprint density at radius 1 is 1.38 bits per heavy atom. The zero-order chi connectivity index (χ0) is 12.2. The first-order chi connectivity index (χ1) is 7.45. The van der Waals surface area contributed by atoms with Crippen LogP contribution in [0.25, 0.3) is 0 Å². The lowest BCUT2D eigenvalue weighted by Gasteiger charge is -2.08. The van der Waals surface area contributed by atoms with Gasteiger partial charge in [0.25, 0.3) is 10.1 Å². The summed E-state index contributed by atoms with van der Waals surface area (Å²) >= 11 is 0. The molecule has 0 bridgehead atoms. The molecule has 0 aliphatic carbocycles. The van der Waals surface area contributed by atoms with Crippen LogP contribution in [0.1, 0.15) is 18.1 Å². The maximum Gasteiger partial charge on any atom is 0.294 e. The van der Waals surface area contributed by atoms with Crippen molar-refractivity contribution < 1.29 is 17.7 Å². The standard InChI is InChI=1S/C11H16O4S/c1-3-15-7-6-10-8-9(2)4-5-11(10)16(12,13)14/h4-5,8H,3,6-7H2,1-2H3,(H,12,13,14). The summed E-state index contributed by atoms with van der Waals surface area (Å²) in [6, 6.07) is 4.83. The minimum Gasteiger partial charge on any atom is -0.381 e. The van der Waals surface area contributed by atoms with Crippen LogP contribution in [0.2, 0.25) is 0 Å². The molecule has 4 nitrogen and oxygen atoms in total. The summed E-state index contributed by atoms with van der Waals surface area (Å²) < 4.78 is 36.4. The van der Waals surface area contributed by atoms with Crippen LogP contribution in [0.15, 0.2) is 23.1 Å². The van der Waals surface area contributed by atoms with Gasteiger partial charge < -0.3 is 4.74 Å². The molecule has 1 N–H and O–H groups in total. The molecule has 0 aliphatic rings. The lowest BCUT2D eigenvalue weighted by Crippen LogP contribution is -2.06. The van der Waals surface area contributed by atoms with Crippen molar-refractivity contribution in [2.24, 2.45) is 0 Å². The second-order valence-corrected chi connectivity index (χ2v) is 4.92. The van der Waals surface area contributed by atoms with E-state index in [4.69, 9.17) is 9.29 Å². The molecule has 90 valence electrons. The largest absolute Gasteiger partial charge is 0.381 e. The van der Waals surface area contributed by atoms with E-state index in [0.717, 1.165) is 5.56 Å². The normalized spacial score (nSPS) is 11.7. The molecule has 0 saturated heterocycles. The van der Waals surface area contributed by atoms with Gasteiger partial charge in [-0.25, -0.2) is 0 Å². The first kappa shape index (κ1) is 13.2. The molecule has 1 rings (SSSR count). The fourth-order valence-corrected chi connectivity index (χ4v) is 2.21. The van der Waals surface area contributed by atoms with Gasteiger partial charge >= 0.3 is 0 Å². The van der Waals surface area contributed by atoms with Gasteiger partial charge in [-0.1, -0.05) is 17.7 Å². The Labute approximate surface area is 96.0 Å². The van der Waals surface area contributed by atoms with Crippen molar-refractivity contribution in [2.75, 3.05) is 13.2 Å². The smallest absolute Gasteiger partial charge is 0.294 e. The third kappa shape index (κ3) is 3.59. The maximum absolute atomic E-state index is 11.1. The Morgan fingerprint density at radius 3 is 2.62 bits per heavy atom. The van der Waals surface area contributed by atoms with Crippen LogP contribution < -0.4 is 0 Å². The molecule has 0 aromatic heterocycles. The minimum absolute atomic E-state index is 0.0298. The molecule has 0 fully saturated rings. The van der Waals surface area contributed by atoms with Gasteiger partial charge in [0.2, 0.25) is 0 Å². The third-order valence-electron chi connectivity index (χ3n) is 2.21. The summed E-state index contributed by atoms with van der Waals surface area (Å²) in [5, 5.41) is 0. The summed E-state index contributed by atoms with van der Waals surface area (Å²) in [5.74, 6) is 0. The van der Waals surface area contributed by atoms with Crippen molar-refractivity contribution >= 4 is 10.1 Å². The van der Waals surface area contributed by atoms with Gasteiger partial charge in [-0.3, -0.25) is 4.55 Å². The van der Waals surface area contributed by atoms with Gasteiger partial charge in [0.1, 0.15) is 0 Å². The van der Waals surface area contributed by atoms with E-state index < -0.39 is 10.1 Å². The monoisotopic (exact) mass is 244 g/mol. The van der Waals surface area contributed by atoms with E-state index in [1.54, 1.807) is 12.1 Å². The summed E-state index contributed by atoms with van der Waals surface area (Å²) in [4.78, 5) is -0.0298. The van der Waals surface area contributed by atoms with Gasteiger partial charge in [0.05, 0.1) is 11.5 Å². The topological polar surface area (TPSA) is 63.6 Å². The summed E-state index contributed by atoms with van der Waals surface area (Å²) in [7, 11) is -4.14. The molecule has 0 radical (unpaired) electrons. The van der Waals surface area contributed by atoms with Crippen molar-refractivity contribution in [3.63, 3.8) is 0 Å². The number of benzene rings is 1. The van der Waals surface area contributed by atoms with Crippen LogP contribution in [0.4, 0.5) is 0 Å². The average molecular weight is 244 g/mol. The Balaban J connectivity index is 3.00. The highest BCUT2D eigenvalue weighted by Crippen LogP contribution is 2.17. The third-order valence-corrected chi connectivity index (χ3v) is 3.17. The van der Waals surface area contributed by atoms with Gasteiger partial charge in [-0.05, 0) is 31.9 Å². The number of hydrogen-bond donors (Lipinski definition) is 1. The molecule has 0 spiro atoms. The van der Waals surface area contributed by atoms with E-state index in [9.17, 15) is 8.42 Å². The summed E-state index contributed by atoms with van der Waals surface area (Å²) in [6.07, 6.45) is 0.477. The molecule has 16 heavy (non-hydrogen) atoms. The average Bonchev–Trinajstić information content (AvgIpc) is 2.16. The van der Waals surface area contributed by atoms with Crippen LogP contribution in [0.3, 0.4) is 0 Å². The van der Waals surface area contributed by atoms with E-state index in [2.05, 4.69) is 0 Å². The summed E-state index contributed by atoms with van der Waals surface area (Å²) in [5.41, 5.74) is 1.55. The van der Waals surface area contributed by atoms with Crippen molar-refractivity contribution in [2.45, 2.75) is 25.2 Å². The number of rotatable bonds is 5. The molecule has 0 heterocycles. The fourth-order valence-electron chi connectivity index (χ4n) is 1.48. The maximum atomic E-state index is 11.1. The van der Waals surface area contributed by atoms with E-state index >= 15 is 0 Å². The highest BCUT2D eigenvalue weighted by atomic mass is 32.2. The molecular weight excluding hydrogens is 228 g/mol. The van der Waals surface area contributed by atoms with Crippen molar-refractivity contribution in [1.29, 1.82) is 0 Å². The van der Waals surface area contributed by atoms with Crippen molar-refractivity contribution in [3.05, 3.63) is 29.3 Å². The molecule has 1 aromatic rings.